The van der Waals surface area contributed by atoms with Gasteiger partial charge in [-0.1, -0.05) is 0 Å². The predicted molar refractivity (Wildman–Crippen MR) is 70.3 cm³/mol. The summed E-state index contributed by atoms with van der Waals surface area (Å²) in [7, 11) is -1.67. The Morgan fingerprint density at radius 2 is 2.11 bits per heavy atom. The summed E-state index contributed by atoms with van der Waals surface area (Å²) in [6.07, 6.45) is 2.78. The van der Waals surface area contributed by atoms with Crippen LogP contribution in [0, 0.1) is 0 Å². The normalized spacial score (nSPS) is 15.1. The molecule has 1 N–H and O–H groups in total. The minimum Gasteiger partial charge on any atom is -0.355 e. The molecule has 1 heterocycles. The van der Waals surface area contributed by atoms with Crippen molar-refractivity contribution in [2.75, 3.05) is 24.2 Å². The van der Waals surface area contributed by atoms with Gasteiger partial charge in [0.05, 0.1) is 11.9 Å². The molecule has 1 amide bonds. The maximum Gasteiger partial charge on any atom is 0.251 e. The Morgan fingerprint density at radius 3 is 2.72 bits per heavy atom. The third-order valence-corrected chi connectivity index (χ3v) is 4.23. The van der Waals surface area contributed by atoms with Gasteiger partial charge >= 0.3 is 0 Å². The van der Waals surface area contributed by atoms with Crippen LogP contribution in [0.15, 0.2) is 18.2 Å². The number of benzene rings is 1. The van der Waals surface area contributed by atoms with Gasteiger partial charge < -0.3 is 5.32 Å². The van der Waals surface area contributed by atoms with Crippen molar-refractivity contribution in [2.24, 2.45) is 0 Å². The molecule has 0 fully saturated rings. The minimum atomic E-state index is -3.25. The third kappa shape index (κ3) is 2.33. The molecular formula is C12H16N2O3S. The Bertz CT molecular complexity index is 581. The van der Waals surface area contributed by atoms with Gasteiger partial charge in [0.15, 0.2) is 0 Å². The summed E-state index contributed by atoms with van der Waals surface area (Å²) in [5.74, 6) is -0.158. The molecule has 0 spiro atoms. The second-order valence-electron chi connectivity index (χ2n) is 4.36. The molecule has 0 atom stereocenters. The Morgan fingerprint density at radius 1 is 1.39 bits per heavy atom. The average Bonchev–Trinajstić information content (AvgIpc) is 2.35. The smallest absolute Gasteiger partial charge is 0.251 e. The molecule has 98 valence electrons. The van der Waals surface area contributed by atoms with Crippen LogP contribution in [0.25, 0.3) is 0 Å². The van der Waals surface area contributed by atoms with Crippen LogP contribution in [0.4, 0.5) is 5.69 Å². The number of amides is 1. The number of rotatable bonds is 2. The van der Waals surface area contributed by atoms with Gasteiger partial charge in [-0.3, -0.25) is 9.10 Å². The van der Waals surface area contributed by atoms with Crippen molar-refractivity contribution in [1.29, 1.82) is 0 Å². The molecule has 2 rings (SSSR count). The first-order chi connectivity index (χ1) is 8.43. The fraction of sp³-hybridized carbons (Fsp3) is 0.417. The van der Waals surface area contributed by atoms with Crippen molar-refractivity contribution >= 4 is 21.6 Å². The van der Waals surface area contributed by atoms with Crippen molar-refractivity contribution in [3.63, 3.8) is 0 Å². The fourth-order valence-corrected chi connectivity index (χ4v) is 3.19. The minimum absolute atomic E-state index is 0.158. The zero-order chi connectivity index (χ0) is 13.3. The lowest BCUT2D eigenvalue weighted by atomic mass is 10.0. The predicted octanol–water partition coefficient (Wildman–Crippen LogP) is 0.758. The summed E-state index contributed by atoms with van der Waals surface area (Å²) in [6.45, 7) is 0.505. The van der Waals surface area contributed by atoms with E-state index in [0.29, 0.717) is 17.8 Å². The topological polar surface area (TPSA) is 66.5 Å². The molecular weight excluding hydrogens is 252 g/mol. The van der Waals surface area contributed by atoms with Crippen LogP contribution < -0.4 is 9.62 Å². The van der Waals surface area contributed by atoms with Crippen molar-refractivity contribution < 1.29 is 13.2 Å². The second-order valence-corrected chi connectivity index (χ2v) is 6.27. The van der Waals surface area contributed by atoms with Crippen LogP contribution in [-0.4, -0.2) is 34.2 Å². The molecule has 1 aromatic rings. The zero-order valence-corrected chi connectivity index (χ0v) is 11.3. The zero-order valence-electron chi connectivity index (χ0n) is 10.4. The van der Waals surface area contributed by atoms with Crippen molar-refractivity contribution in [2.45, 2.75) is 12.8 Å². The van der Waals surface area contributed by atoms with E-state index in [1.54, 1.807) is 25.2 Å². The largest absolute Gasteiger partial charge is 0.355 e. The number of anilines is 1. The van der Waals surface area contributed by atoms with E-state index in [1.807, 2.05) is 0 Å². The molecule has 18 heavy (non-hydrogen) atoms. The van der Waals surface area contributed by atoms with Crippen molar-refractivity contribution in [3.05, 3.63) is 29.3 Å². The molecule has 0 unspecified atom stereocenters. The molecule has 0 bridgehead atoms. The number of carbonyl (C=O) groups excluding carboxylic acids is 1. The second kappa shape index (κ2) is 4.61. The summed E-state index contributed by atoms with van der Waals surface area (Å²) >= 11 is 0. The van der Waals surface area contributed by atoms with E-state index in [2.05, 4.69) is 5.32 Å². The molecule has 6 heteroatoms. The highest BCUT2D eigenvalue weighted by Gasteiger charge is 2.24. The molecule has 0 saturated heterocycles. The molecule has 0 aliphatic carbocycles. The van der Waals surface area contributed by atoms with Gasteiger partial charge in [0.2, 0.25) is 10.0 Å². The third-order valence-electron chi connectivity index (χ3n) is 3.05. The van der Waals surface area contributed by atoms with E-state index in [4.69, 9.17) is 0 Å². The summed E-state index contributed by atoms with van der Waals surface area (Å²) in [4.78, 5) is 11.5. The molecule has 1 aliphatic rings. The Hall–Kier alpha value is -1.56. The Balaban J connectivity index is 2.46. The first-order valence-corrected chi connectivity index (χ1v) is 7.61. The molecule has 0 aromatic heterocycles. The molecule has 1 aromatic carbocycles. The van der Waals surface area contributed by atoms with Crippen LogP contribution in [0.2, 0.25) is 0 Å². The summed E-state index contributed by atoms with van der Waals surface area (Å²) in [5.41, 5.74) is 2.16. The van der Waals surface area contributed by atoms with Crippen LogP contribution in [0.1, 0.15) is 22.3 Å². The van der Waals surface area contributed by atoms with Gasteiger partial charge in [-0.15, -0.1) is 0 Å². The van der Waals surface area contributed by atoms with Crippen molar-refractivity contribution in [3.8, 4) is 0 Å². The number of nitrogens with zero attached hydrogens (tertiary/aromatic N) is 1. The number of carbonyl (C=O) groups is 1. The molecule has 0 saturated carbocycles. The highest BCUT2D eigenvalue weighted by atomic mass is 32.2. The first kappa shape index (κ1) is 12.9. The van der Waals surface area contributed by atoms with Crippen LogP contribution in [-0.2, 0) is 16.4 Å². The van der Waals surface area contributed by atoms with E-state index in [9.17, 15) is 13.2 Å². The lowest BCUT2D eigenvalue weighted by Crippen LogP contribution is -2.34. The Labute approximate surface area is 107 Å². The lowest BCUT2D eigenvalue weighted by Gasteiger charge is -2.29. The number of aryl methyl sites for hydroxylation is 1. The summed E-state index contributed by atoms with van der Waals surface area (Å²) in [6, 6.07) is 5.13. The maximum atomic E-state index is 11.7. The molecule has 0 radical (unpaired) electrons. The van der Waals surface area contributed by atoms with E-state index in [1.165, 1.54) is 10.6 Å². The Kier molecular flexibility index (Phi) is 3.30. The van der Waals surface area contributed by atoms with Crippen LogP contribution in [0.3, 0.4) is 0 Å². The molecule has 5 nitrogen and oxygen atoms in total. The number of sulfonamides is 1. The van der Waals surface area contributed by atoms with Gasteiger partial charge in [-0.2, -0.15) is 0 Å². The standard InChI is InChI=1S/C12H16N2O3S/c1-13-12(15)10-5-6-11-9(8-10)4-3-7-14(11)18(2,16)17/h5-6,8H,3-4,7H2,1-2H3,(H,13,15). The average molecular weight is 268 g/mol. The van der Waals surface area contributed by atoms with Crippen LogP contribution in [0.5, 0.6) is 0 Å². The van der Waals surface area contributed by atoms with Gasteiger partial charge in [-0.05, 0) is 36.6 Å². The first-order valence-electron chi connectivity index (χ1n) is 5.76. The number of fused-ring (bicyclic) bond motifs is 1. The highest BCUT2D eigenvalue weighted by Crippen LogP contribution is 2.29. The SMILES string of the molecule is CNC(=O)c1ccc2c(c1)CCCN2S(C)(=O)=O. The monoisotopic (exact) mass is 268 g/mol. The van der Waals surface area contributed by atoms with Gasteiger partial charge in [0, 0.05) is 19.2 Å². The summed E-state index contributed by atoms with van der Waals surface area (Å²) in [5, 5.41) is 2.56. The van der Waals surface area contributed by atoms with Crippen LogP contribution >= 0.6 is 0 Å². The van der Waals surface area contributed by atoms with Gasteiger partial charge in [0.1, 0.15) is 0 Å². The van der Waals surface area contributed by atoms with Crippen molar-refractivity contribution in [1.82, 2.24) is 5.32 Å². The highest BCUT2D eigenvalue weighted by molar-refractivity contribution is 7.92. The van der Waals surface area contributed by atoms with E-state index in [-0.39, 0.29) is 5.91 Å². The maximum absolute atomic E-state index is 11.7. The van der Waals surface area contributed by atoms with Gasteiger partial charge in [-0.25, -0.2) is 8.42 Å². The summed E-state index contributed by atoms with van der Waals surface area (Å²) < 4.78 is 24.7. The lowest BCUT2D eigenvalue weighted by molar-refractivity contribution is 0.0963. The fourth-order valence-electron chi connectivity index (χ4n) is 2.19. The quantitative estimate of drug-likeness (QED) is 0.861. The van der Waals surface area contributed by atoms with Gasteiger partial charge in [0.25, 0.3) is 5.91 Å². The van der Waals surface area contributed by atoms with E-state index in [0.717, 1.165) is 18.4 Å². The number of nitrogens with one attached hydrogen (secondary N) is 1. The molecule has 1 aliphatic heterocycles. The van der Waals surface area contributed by atoms with E-state index < -0.39 is 10.0 Å². The van der Waals surface area contributed by atoms with E-state index >= 15 is 0 Å². The number of hydrogen-bond donors (Lipinski definition) is 1. The number of hydrogen-bond acceptors (Lipinski definition) is 3.